The van der Waals surface area contributed by atoms with Crippen molar-refractivity contribution in [2.75, 3.05) is 19.6 Å². The predicted molar refractivity (Wildman–Crippen MR) is 129 cm³/mol. The number of nitrogens with one attached hydrogen (secondary N) is 1. The Bertz CT molecular complexity index is 1260. The second kappa shape index (κ2) is 10.6. The fraction of sp³-hybridized carbons (Fsp3) is 0.320. The summed E-state index contributed by atoms with van der Waals surface area (Å²) in [6, 6.07) is 15.8. The first-order valence-corrected chi connectivity index (χ1v) is 12.7. The minimum atomic E-state index is -3.60. The lowest BCUT2D eigenvalue weighted by Crippen LogP contribution is -2.45. The molecule has 0 aliphatic carbocycles. The molecule has 1 aliphatic rings. The topological polar surface area (TPSA) is 88.7 Å². The molecule has 2 aromatic carbocycles. The molecular formula is C25H27N5O3S. The first-order valence-electron chi connectivity index (χ1n) is 11.3. The van der Waals surface area contributed by atoms with Crippen molar-refractivity contribution in [1.82, 2.24) is 19.2 Å². The van der Waals surface area contributed by atoms with Gasteiger partial charge in [-0.25, -0.2) is 18.2 Å². The van der Waals surface area contributed by atoms with Crippen LogP contribution in [0.1, 0.15) is 24.1 Å². The Morgan fingerprint density at radius 1 is 1.15 bits per heavy atom. The van der Waals surface area contributed by atoms with Gasteiger partial charge in [-0.1, -0.05) is 42.5 Å². The van der Waals surface area contributed by atoms with Gasteiger partial charge in [0.25, 0.3) is 0 Å². The number of sulfonamides is 1. The Morgan fingerprint density at radius 2 is 1.91 bits per heavy atom. The third-order valence-corrected chi connectivity index (χ3v) is 7.91. The molecule has 3 aromatic rings. The van der Waals surface area contributed by atoms with Crippen molar-refractivity contribution in [1.29, 1.82) is 0 Å². The molecule has 1 saturated heterocycles. The van der Waals surface area contributed by atoms with Crippen LogP contribution >= 0.6 is 0 Å². The Labute approximate surface area is 200 Å². The molecule has 1 amide bonds. The summed E-state index contributed by atoms with van der Waals surface area (Å²) >= 11 is 0. The lowest BCUT2D eigenvalue weighted by molar-refractivity contribution is -0.126. The van der Waals surface area contributed by atoms with E-state index in [1.807, 2.05) is 16.7 Å². The molecule has 9 heteroatoms. The number of imidazole rings is 1. The highest BCUT2D eigenvalue weighted by atomic mass is 32.2. The minimum Gasteiger partial charge on any atom is -0.355 e. The van der Waals surface area contributed by atoms with Crippen molar-refractivity contribution >= 4 is 21.6 Å². The first-order chi connectivity index (χ1) is 16.5. The van der Waals surface area contributed by atoms with Gasteiger partial charge >= 0.3 is 0 Å². The van der Waals surface area contributed by atoms with E-state index < -0.39 is 10.0 Å². The molecule has 1 atom stereocenters. The van der Waals surface area contributed by atoms with Crippen LogP contribution in [0.2, 0.25) is 0 Å². The van der Waals surface area contributed by atoms with Gasteiger partial charge in [-0.15, -0.1) is 0 Å². The van der Waals surface area contributed by atoms with Crippen LogP contribution in [0.15, 0.2) is 72.0 Å². The maximum absolute atomic E-state index is 12.9. The summed E-state index contributed by atoms with van der Waals surface area (Å²) in [5, 5.41) is 2.97. The van der Waals surface area contributed by atoms with E-state index in [1.165, 1.54) is 4.31 Å². The van der Waals surface area contributed by atoms with E-state index >= 15 is 0 Å². The van der Waals surface area contributed by atoms with Crippen LogP contribution < -0.4 is 5.32 Å². The average Bonchev–Trinajstić information content (AvgIpc) is 3.31. The van der Waals surface area contributed by atoms with E-state index in [4.69, 9.17) is 6.57 Å². The molecule has 1 aromatic heterocycles. The van der Waals surface area contributed by atoms with E-state index in [0.29, 0.717) is 44.6 Å². The van der Waals surface area contributed by atoms with Gasteiger partial charge in [0.2, 0.25) is 15.9 Å². The molecular weight excluding hydrogens is 450 g/mol. The maximum Gasteiger partial charge on any atom is 0.243 e. The smallest absolute Gasteiger partial charge is 0.243 e. The zero-order valence-electron chi connectivity index (χ0n) is 18.8. The molecule has 176 valence electrons. The Hall–Kier alpha value is -3.48. The summed E-state index contributed by atoms with van der Waals surface area (Å²) in [5.74, 6) is -0.480. The number of piperidine rings is 1. The fourth-order valence-corrected chi connectivity index (χ4v) is 5.69. The quantitative estimate of drug-likeness (QED) is 0.505. The van der Waals surface area contributed by atoms with Gasteiger partial charge in [-0.2, -0.15) is 4.31 Å². The number of amides is 1. The van der Waals surface area contributed by atoms with Crippen molar-refractivity contribution < 1.29 is 13.2 Å². The predicted octanol–water partition coefficient (Wildman–Crippen LogP) is 3.24. The van der Waals surface area contributed by atoms with Crippen LogP contribution in [-0.4, -0.2) is 47.8 Å². The maximum atomic E-state index is 12.9. The third kappa shape index (κ3) is 5.53. The standard InChI is InChI=1S/C25H27N5O3S/c1-26-22-11-9-20(10-12-22)17-29-19-27-16-23(29)13-14-28-25(31)21-6-5-15-30(18-21)34(32,33)24-7-3-2-4-8-24/h2-4,7-12,16,19,21H,5-6,13-15,17-18H2,(H,28,31)/t21-/m0/s1. The molecule has 0 bridgehead atoms. The number of benzene rings is 2. The minimum absolute atomic E-state index is 0.117. The molecule has 34 heavy (non-hydrogen) atoms. The van der Waals surface area contributed by atoms with Crippen molar-refractivity contribution in [3.63, 3.8) is 0 Å². The van der Waals surface area contributed by atoms with Gasteiger partial charge in [-0.3, -0.25) is 4.79 Å². The molecule has 2 heterocycles. The van der Waals surface area contributed by atoms with Crippen molar-refractivity contribution in [2.24, 2.45) is 5.92 Å². The van der Waals surface area contributed by atoms with E-state index in [9.17, 15) is 13.2 Å². The van der Waals surface area contributed by atoms with Crippen LogP contribution in [0.3, 0.4) is 0 Å². The van der Waals surface area contributed by atoms with Gasteiger partial charge in [0, 0.05) is 44.5 Å². The SMILES string of the molecule is [C-]#[N+]c1ccc(Cn2cncc2CCNC(=O)[C@H]2CCCN(S(=O)(=O)c3ccccc3)C2)cc1. The highest BCUT2D eigenvalue weighted by Gasteiger charge is 2.33. The largest absolute Gasteiger partial charge is 0.355 e. The van der Waals surface area contributed by atoms with Gasteiger partial charge in [0.15, 0.2) is 5.69 Å². The number of carbonyl (C=O) groups is 1. The van der Waals surface area contributed by atoms with Gasteiger partial charge < -0.3 is 9.88 Å². The molecule has 8 nitrogen and oxygen atoms in total. The van der Waals surface area contributed by atoms with Gasteiger partial charge in [0.05, 0.1) is 23.7 Å². The summed E-state index contributed by atoms with van der Waals surface area (Å²) in [7, 11) is -3.60. The van der Waals surface area contributed by atoms with Crippen LogP contribution in [0.25, 0.3) is 4.85 Å². The van der Waals surface area contributed by atoms with Crippen LogP contribution in [-0.2, 0) is 27.8 Å². The highest BCUT2D eigenvalue weighted by molar-refractivity contribution is 7.89. The van der Waals surface area contributed by atoms with Crippen LogP contribution in [0.4, 0.5) is 5.69 Å². The molecule has 0 saturated carbocycles. The van der Waals surface area contributed by atoms with Gasteiger partial charge in [-0.05, 0) is 30.5 Å². The average molecular weight is 478 g/mol. The normalized spacial score (nSPS) is 16.6. The lowest BCUT2D eigenvalue weighted by Gasteiger charge is -2.31. The molecule has 1 N–H and O–H groups in total. The fourth-order valence-electron chi connectivity index (χ4n) is 4.15. The Balaban J connectivity index is 1.31. The van der Waals surface area contributed by atoms with Crippen molar-refractivity contribution in [2.45, 2.75) is 30.7 Å². The number of hydrogen-bond acceptors (Lipinski definition) is 4. The van der Waals surface area contributed by atoms with Crippen molar-refractivity contribution in [3.05, 3.63) is 89.8 Å². The molecule has 1 fully saturated rings. The third-order valence-electron chi connectivity index (χ3n) is 6.03. The van der Waals surface area contributed by atoms with Gasteiger partial charge in [0.1, 0.15) is 0 Å². The second-order valence-corrected chi connectivity index (χ2v) is 10.3. The Kier molecular flexibility index (Phi) is 7.40. The molecule has 4 rings (SSSR count). The number of hydrogen-bond donors (Lipinski definition) is 1. The van der Waals surface area contributed by atoms with E-state index in [-0.39, 0.29) is 23.3 Å². The van der Waals surface area contributed by atoms with E-state index in [0.717, 1.165) is 11.3 Å². The summed E-state index contributed by atoms with van der Waals surface area (Å²) in [4.78, 5) is 20.7. The van der Waals surface area contributed by atoms with E-state index in [1.54, 1.807) is 55.0 Å². The van der Waals surface area contributed by atoms with Crippen molar-refractivity contribution in [3.8, 4) is 0 Å². The number of rotatable bonds is 8. The lowest BCUT2D eigenvalue weighted by atomic mass is 9.99. The summed E-state index contributed by atoms with van der Waals surface area (Å²) in [6.07, 6.45) is 5.49. The molecule has 0 radical (unpaired) electrons. The number of carbonyl (C=O) groups excluding carboxylic acids is 1. The van der Waals surface area contributed by atoms with Crippen LogP contribution in [0.5, 0.6) is 0 Å². The first kappa shape index (κ1) is 23.7. The summed E-state index contributed by atoms with van der Waals surface area (Å²) in [5.41, 5.74) is 2.67. The summed E-state index contributed by atoms with van der Waals surface area (Å²) < 4.78 is 29.3. The zero-order chi connectivity index (χ0) is 24.0. The second-order valence-electron chi connectivity index (χ2n) is 8.35. The Morgan fingerprint density at radius 3 is 2.65 bits per heavy atom. The summed E-state index contributed by atoms with van der Waals surface area (Å²) in [6.45, 7) is 8.76. The highest BCUT2D eigenvalue weighted by Crippen LogP contribution is 2.24. The number of nitrogens with zero attached hydrogens (tertiary/aromatic N) is 4. The van der Waals surface area contributed by atoms with Crippen LogP contribution in [0, 0.1) is 12.5 Å². The number of aromatic nitrogens is 2. The zero-order valence-corrected chi connectivity index (χ0v) is 19.6. The molecule has 0 unspecified atom stereocenters. The molecule has 1 aliphatic heterocycles. The van der Waals surface area contributed by atoms with E-state index in [2.05, 4.69) is 15.1 Å². The monoisotopic (exact) mass is 477 g/mol. The molecule has 0 spiro atoms.